The van der Waals surface area contributed by atoms with Gasteiger partial charge in [0.2, 0.25) is 5.89 Å². The van der Waals surface area contributed by atoms with Crippen molar-refractivity contribution in [3.8, 4) is 0 Å². The molecular weight excluding hydrogens is 308 g/mol. The van der Waals surface area contributed by atoms with Crippen molar-refractivity contribution in [2.45, 2.75) is 13.0 Å². The van der Waals surface area contributed by atoms with Gasteiger partial charge >= 0.3 is 0 Å². The van der Waals surface area contributed by atoms with E-state index in [0.717, 1.165) is 0 Å². The van der Waals surface area contributed by atoms with Gasteiger partial charge in [-0.1, -0.05) is 5.16 Å². The molecule has 96 valence electrons. The number of nitrogens with zero attached hydrogens (tertiary/aromatic N) is 2. The van der Waals surface area contributed by atoms with Gasteiger partial charge in [-0.05, 0) is 28.1 Å². The molecule has 0 aliphatic carbocycles. The zero-order valence-electron chi connectivity index (χ0n) is 9.29. The van der Waals surface area contributed by atoms with E-state index in [0.29, 0.717) is 18.9 Å². The van der Waals surface area contributed by atoms with Crippen molar-refractivity contribution in [3.63, 3.8) is 0 Å². The molecule has 0 bridgehead atoms. The van der Waals surface area contributed by atoms with E-state index in [9.17, 15) is 8.78 Å². The predicted molar refractivity (Wildman–Crippen MR) is 63.8 cm³/mol. The molecule has 2 aromatic rings. The van der Waals surface area contributed by atoms with Crippen LogP contribution in [0.2, 0.25) is 0 Å². The molecule has 7 heteroatoms. The molecule has 1 aromatic heterocycles. The lowest BCUT2D eigenvalue weighted by Gasteiger charge is -2.07. The van der Waals surface area contributed by atoms with Crippen LogP contribution in [0, 0.1) is 11.6 Å². The third-order valence-corrected chi connectivity index (χ3v) is 2.98. The molecule has 1 aromatic carbocycles. The van der Waals surface area contributed by atoms with Crippen LogP contribution in [0.15, 0.2) is 27.5 Å². The highest BCUT2D eigenvalue weighted by atomic mass is 79.9. The van der Waals surface area contributed by atoms with Crippen molar-refractivity contribution in [1.29, 1.82) is 0 Å². The zero-order chi connectivity index (χ0) is 13.0. The van der Waals surface area contributed by atoms with Gasteiger partial charge in [0.15, 0.2) is 6.33 Å². The smallest absolute Gasteiger partial charge is 0.227 e. The summed E-state index contributed by atoms with van der Waals surface area (Å²) < 4.78 is 32.0. The quantitative estimate of drug-likeness (QED) is 0.680. The lowest BCUT2D eigenvalue weighted by atomic mass is 10.2. The first-order chi connectivity index (χ1) is 8.68. The largest absolute Gasteiger partial charge is 0.340 e. The fourth-order valence-electron chi connectivity index (χ4n) is 1.45. The van der Waals surface area contributed by atoms with Crippen molar-refractivity contribution in [2.24, 2.45) is 0 Å². The molecule has 0 amide bonds. The summed E-state index contributed by atoms with van der Waals surface area (Å²) in [7, 11) is 0. The van der Waals surface area contributed by atoms with E-state index < -0.39 is 11.6 Å². The summed E-state index contributed by atoms with van der Waals surface area (Å²) in [5.41, 5.74) is 0.00917. The molecule has 2 rings (SSSR count). The highest BCUT2D eigenvalue weighted by Crippen LogP contribution is 2.21. The molecule has 0 saturated carbocycles. The minimum absolute atomic E-state index is 0.00917. The van der Waals surface area contributed by atoms with Crippen molar-refractivity contribution in [3.05, 3.63) is 46.0 Å². The molecule has 1 N–H and O–H groups in total. The number of nitrogens with one attached hydrogen (secondary N) is 1. The maximum atomic E-state index is 13.6. The highest BCUT2D eigenvalue weighted by Gasteiger charge is 2.11. The summed E-state index contributed by atoms with van der Waals surface area (Å²) in [5.74, 6) is -0.668. The molecule has 0 saturated heterocycles. The van der Waals surface area contributed by atoms with Gasteiger partial charge < -0.3 is 9.84 Å². The van der Waals surface area contributed by atoms with Gasteiger partial charge in [-0.15, -0.1) is 0 Å². The standard InChI is InChI=1S/C11H10BrF2N3O/c12-8-1-2-9(13)7(11(8)14)5-15-4-3-10-16-6-17-18-10/h1-2,6,15H,3-5H2. The lowest BCUT2D eigenvalue weighted by molar-refractivity contribution is 0.374. The van der Waals surface area contributed by atoms with Gasteiger partial charge in [-0.2, -0.15) is 4.98 Å². The Labute approximate surface area is 111 Å². The van der Waals surface area contributed by atoms with E-state index in [4.69, 9.17) is 4.52 Å². The molecule has 0 aliphatic heterocycles. The molecule has 0 atom stereocenters. The summed E-state index contributed by atoms with van der Waals surface area (Å²) in [6.45, 7) is 0.596. The van der Waals surface area contributed by atoms with E-state index in [1.165, 1.54) is 18.5 Å². The Morgan fingerprint density at radius 2 is 2.17 bits per heavy atom. The van der Waals surface area contributed by atoms with E-state index in [-0.39, 0.29) is 16.6 Å². The Bertz CT molecular complexity index is 519. The van der Waals surface area contributed by atoms with Crippen LogP contribution in [-0.4, -0.2) is 16.7 Å². The number of aromatic nitrogens is 2. The molecule has 4 nitrogen and oxygen atoms in total. The third kappa shape index (κ3) is 3.11. The molecule has 0 aliphatic rings. The van der Waals surface area contributed by atoms with Gasteiger partial charge in [-0.3, -0.25) is 0 Å². The summed E-state index contributed by atoms with van der Waals surface area (Å²) >= 11 is 3.02. The van der Waals surface area contributed by atoms with Crippen LogP contribution in [0.1, 0.15) is 11.5 Å². The van der Waals surface area contributed by atoms with Crippen LogP contribution >= 0.6 is 15.9 Å². The van der Waals surface area contributed by atoms with Crippen LogP contribution in [0.5, 0.6) is 0 Å². The van der Waals surface area contributed by atoms with Crippen LogP contribution in [0.4, 0.5) is 8.78 Å². The summed E-state index contributed by atoms with van der Waals surface area (Å²) in [6.07, 6.45) is 1.82. The molecule has 18 heavy (non-hydrogen) atoms. The second-order valence-corrected chi connectivity index (χ2v) is 4.44. The number of hydrogen-bond acceptors (Lipinski definition) is 4. The lowest BCUT2D eigenvalue weighted by Crippen LogP contribution is -2.18. The zero-order valence-corrected chi connectivity index (χ0v) is 10.9. The van der Waals surface area contributed by atoms with Crippen LogP contribution in [0.25, 0.3) is 0 Å². The molecule has 0 fully saturated rings. The van der Waals surface area contributed by atoms with Crippen LogP contribution in [0.3, 0.4) is 0 Å². The third-order valence-electron chi connectivity index (χ3n) is 2.36. The summed E-state index contributed by atoms with van der Waals surface area (Å²) in [5, 5.41) is 6.38. The first-order valence-corrected chi connectivity index (χ1v) is 6.06. The van der Waals surface area contributed by atoms with Gasteiger partial charge in [0.25, 0.3) is 0 Å². The second-order valence-electron chi connectivity index (χ2n) is 3.58. The Morgan fingerprint density at radius 1 is 1.33 bits per heavy atom. The fourth-order valence-corrected chi connectivity index (χ4v) is 1.82. The van der Waals surface area contributed by atoms with Crippen molar-refractivity contribution >= 4 is 15.9 Å². The number of benzene rings is 1. The maximum Gasteiger partial charge on any atom is 0.227 e. The van der Waals surface area contributed by atoms with E-state index in [1.54, 1.807) is 0 Å². The first-order valence-electron chi connectivity index (χ1n) is 5.27. The molecular formula is C11H10BrF2N3O. The average molecular weight is 318 g/mol. The van der Waals surface area contributed by atoms with Gasteiger partial charge in [0, 0.05) is 25.1 Å². The van der Waals surface area contributed by atoms with E-state index in [1.807, 2.05) is 0 Å². The minimum atomic E-state index is -0.583. The predicted octanol–water partition coefficient (Wildman–Crippen LogP) is 2.44. The Balaban J connectivity index is 1.88. The average Bonchev–Trinajstić information content (AvgIpc) is 2.86. The second kappa shape index (κ2) is 6.01. The monoisotopic (exact) mass is 317 g/mol. The number of rotatable bonds is 5. The van der Waals surface area contributed by atoms with E-state index >= 15 is 0 Å². The van der Waals surface area contributed by atoms with Gasteiger partial charge in [0.05, 0.1) is 4.47 Å². The van der Waals surface area contributed by atoms with Crippen LogP contribution < -0.4 is 5.32 Å². The Kier molecular flexibility index (Phi) is 4.38. The fraction of sp³-hybridized carbons (Fsp3) is 0.273. The highest BCUT2D eigenvalue weighted by molar-refractivity contribution is 9.10. The van der Waals surface area contributed by atoms with Crippen LogP contribution in [-0.2, 0) is 13.0 Å². The Morgan fingerprint density at radius 3 is 2.89 bits per heavy atom. The molecule has 0 radical (unpaired) electrons. The van der Waals surface area contributed by atoms with Crippen molar-refractivity contribution < 1.29 is 13.3 Å². The Hall–Kier alpha value is -1.34. The maximum absolute atomic E-state index is 13.6. The molecule has 0 unspecified atom stereocenters. The van der Waals surface area contributed by atoms with Crippen molar-refractivity contribution in [2.75, 3.05) is 6.54 Å². The SMILES string of the molecule is Fc1ccc(Br)c(F)c1CNCCc1ncno1. The topological polar surface area (TPSA) is 51.0 Å². The minimum Gasteiger partial charge on any atom is -0.340 e. The van der Waals surface area contributed by atoms with Gasteiger partial charge in [0.1, 0.15) is 11.6 Å². The van der Waals surface area contributed by atoms with Crippen molar-refractivity contribution in [1.82, 2.24) is 15.5 Å². The molecule has 1 heterocycles. The van der Waals surface area contributed by atoms with E-state index in [2.05, 4.69) is 31.4 Å². The van der Waals surface area contributed by atoms with Gasteiger partial charge in [-0.25, -0.2) is 8.78 Å². The number of halogens is 3. The first kappa shape index (κ1) is 13.1. The normalized spacial score (nSPS) is 10.8. The molecule has 0 spiro atoms. The number of hydrogen-bond donors (Lipinski definition) is 1. The summed E-state index contributed by atoms with van der Waals surface area (Å²) in [6, 6.07) is 2.56. The summed E-state index contributed by atoms with van der Waals surface area (Å²) in [4.78, 5) is 3.84.